The van der Waals surface area contributed by atoms with Crippen molar-refractivity contribution < 1.29 is 31.1 Å². The van der Waals surface area contributed by atoms with Gasteiger partial charge in [0.25, 0.3) is 5.91 Å². The average molecular weight is 479 g/mol. The molecule has 33 heavy (non-hydrogen) atoms. The molecule has 1 aliphatic rings. The Hall–Kier alpha value is -3.34. The molecule has 2 heterocycles. The van der Waals surface area contributed by atoms with Crippen molar-refractivity contribution in [1.29, 1.82) is 0 Å². The Morgan fingerprint density at radius 3 is 2.42 bits per heavy atom. The molecule has 2 aromatic carbocycles. The number of benzene rings is 2. The summed E-state index contributed by atoms with van der Waals surface area (Å²) in [6.45, 7) is 1.13. The zero-order valence-corrected chi connectivity index (χ0v) is 18.5. The van der Waals surface area contributed by atoms with Crippen LogP contribution in [0.2, 0.25) is 0 Å². The summed E-state index contributed by atoms with van der Waals surface area (Å²) in [5, 5.41) is 4.49. The molecule has 11 heteroatoms. The van der Waals surface area contributed by atoms with E-state index in [0.29, 0.717) is 5.69 Å². The quantitative estimate of drug-likeness (QED) is 0.557. The largest absolute Gasteiger partial charge is 0.480 e. The minimum atomic E-state index is -4.65. The third-order valence-electron chi connectivity index (χ3n) is 5.26. The number of carbonyl (C=O) groups is 1. The number of nitrogens with zero attached hydrogens (tertiary/aromatic N) is 3. The van der Waals surface area contributed by atoms with E-state index in [4.69, 9.17) is 4.74 Å². The summed E-state index contributed by atoms with van der Waals surface area (Å²) in [5.74, 6) is -0.981. The molecule has 0 aliphatic carbocycles. The summed E-state index contributed by atoms with van der Waals surface area (Å²) in [6.07, 6.45) is -4.10. The van der Waals surface area contributed by atoms with Crippen LogP contribution in [-0.4, -0.2) is 47.5 Å². The zero-order valence-electron chi connectivity index (χ0n) is 17.7. The fraction of sp³-hybridized carbons (Fsp3) is 0.273. The first-order chi connectivity index (χ1) is 15.4. The van der Waals surface area contributed by atoms with Gasteiger partial charge >= 0.3 is 6.18 Å². The lowest BCUT2D eigenvalue weighted by Crippen LogP contribution is -2.33. The van der Waals surface area contributed by atoms with Crippen LogP contribution >= 0.6 is 0 Å². The molecule has 0 saturated carbocycles. The Morgan fingerprint density at radius 1 is 1.12 bits per heavy atom. The predicted molar refractivity (Wildman–Crippen MR) is 113 cm³/mol. The lowest BCUT2D eigenvalue weighted by Gasteiger charge is -2.22. The van der Waals surface area contributed by atoms with Crippen LogP contribution < -0.4 is 4.74 Å². The van der Waals surface area contributed by atoms with Gasteiger partial charge in [-0.3, -0.25) is 4.79 Å². The highest BCUT2D eigenvalue weighted by molar-refractivity contribution is 7.90. The van der Waals surface area contributed by atoms with E-state index in [-0.39, 0.29) is 29.3 Å². The molecule has 0 unspecified atom stereocenters. The molecule has 0 radical (unpaired) electrons. The van der Waals surface area contributed by atoms with Gasteiger partial charge in [-0.2, -0.15) is 18.3 Å². The van der Waals surface area contributed by atoms with E-state index >= 15 is 0 Å². The first-order valence-electron chi connectivity index (χ1n) is 9.93. The highest BCUT2D eigenvalue weighted by Gasteiger charge is 2.39. The number of amides is 1. The van der Waals surface area contributed by atoms with E-state index in [1.54, 1.807) is 10.9 Å². The Morgan fingerprint density at radius 2 is 1.82 bits per heavy atom. The first-order valence-corrected chi connectivity index (χ1v) is 11.8. The standard InChI is InChI=1S/C22H20F3N3O4S/c1-14(22(23,24)25)32-20-9-8-17(33(2,30)31)10-18(20)21(29)27-11-15-12-28(26-19(15)13-27)16-6-4-3-5-7-16/h3-10,12,14H,11,13H2,1-2H3/t14-/m0/s1. The smallest absolute Gasteiger partial charge is 0.425 e. The SMILES string of the molecule is C[C@H](Oc1ccc(S(C)(=O)=O)cc1C(=O)N1Cc2cn(-c3ccccc3)nc2C1)C(F)(F)F. The van der Waals surface area contributed by atoms with E-state index in [9.17, 15) is 26.4 Å². The van der Waals surface area contributed by atoms with E-state index in [1.807, 2.05) is 30.3 Å². The number of hydrogen-bond acceptors (Lipinski definition) is 5. The monoisotopic (exact) mass is 479 g/mol. The molecule has 4 rings (SSSR count). The Kier molecular flexibility index (Phi) is 5.69. The molecule has 1 amide bonds. The van der Waals surface area contributed by atoms with Gasteiger partial charge in [-0.1, -0.05) is 18.2 Å². The molecule has 0 bridgehead atoms. The maximum absolute atomic E-state index is 13.2. The normalized spacial score (nSPS) is 14.8. The van der Waals surface area contributed by atoms with Crippen molar-refractivity contribution in [3.63, 3.8) is 0 Å². The van der Waals surface area contributed by atoms with Gasteiger partial charge in [0.1, 0.15) is 5.75 Å². The van der Waals surface area contributed by atoms with Gasteiger partial charge in [0, 0.05) is 24.6 Å². The summed E-state index contributed by atoms with van der Waals surface area (Å²) >= 11 is 0. The van der Waals surface area contributed by atoms with Crippen molar-refractivity contribution >= 4 is 15.7 Å². The predicted octanol–water partition coefficient (Wildman–Crippen LogP) is 3.76. The number of ether oxygens (including phenoxy) is 1. The van der Waals surface area contributed by atoms with Crippen molar-refractivity contribution in [2.45, 2.75) is 37.2 Å². The molecule has 1 aromatic heterocycles. The van der Waals surface area contributed by atoms with Crippen molar-refractivity contribution in [2.75, 3.05) is 6.26 Å². The number of hydrogen-bond donors (Lipinski definition) is 0. The maximum Gasteiger partial charge on any atom is 0.425 e. The number of para-hydroxylation sites is 1. The lowest BCUT2D eigenvalue weighted by molar-refractivity contribution is -0.189. The van der Waals surface area contributed by atoms with Crippen LogP contribution in [0.5, 0.6) is 5.75 Å². The van der Waals surface area contributed by atoms with Crippen molar-refractivity contribution in [3.8, 4) is 11.4 Å². The van der Waals surface area contributed by atoms with Crippen molar-refractivity contribution in [1.82, 2.24) is 14.7 Å². The summed E-state index contributed by atoms with van der Waals surface area (Å²) in [7, 11) is -3.70. The van der Waals surface area contributed by atoms with Gasteiger partial charge in [0.2, 0.25) is 0 Å². The second-order valence-corrected chi connectivity index (χ2v) is 9.79. The number of aromatic nitrogens is 2. The average Bonchev–Trinajstić information content (AvgIpc) is 3.32. The third-order valence-corrected chi connectivity index (χ3v) is 6.37. The number of rotatable bonds is 5. The minimum Gasteiger partial charge on any atom is -0.480 e. The van der Waals surface area contributed by atoms with Crippen LogP contribution in [-0.2, 0) is 22.9 Å². The van der Waals surface area contributed by atoms with Crippen LogP contribution in [0.3, 0.4) is 0 Å². The van der Waals surface area contributed by atoms with E-state index in [1.165, 1.54) is 4.90 Å². The molecular weight excluding hydrogens is 459 g/mol. The first kappa shape index (κ1) is 22.8. The summed E-state index contributed by atoms with van der Waals surface area (Å²) in [5.41, 5.74) is 2.03. The third kappa shape index (κ3) is 4.72. The van der Waals surface area contributed by atoms with Crippen molar-refractivity contribution in [3.05, 3.63) is 71.5 Å². The molecule has 0 fully saturated rings. The lowest BCUT2D eigenvalue weighted by atomic mass is 10.1. The highest BCUT2D eigenvalue weighted by Crippen LogP contribution is 2.32. The molecule has 1 atom stereocenters. The van der Waals surface area contributed by atoms with Gasteiger partial charge in [-0.05, 0) is 37.3 Å². The van der Waals surface area contributed by atoms with Crippen LogP contribution in [0, 0.1) is 0 Å². The Bertz CT molecular complexity index is 1280. The number of halogens is 3. The van der Waals surface area contributed by atoms with Crippen LogP contribution in [0.1, 0.15) is 28.5 Å². The number of fused-ring (bicyclic) bond motifs is 1. The fourth-order valence-corrected chi connectivity index (χ4v) is 4.09. The highest BCUT2D eigenvalue weighted by atomic mass is 32.2. The molecule has 3 aromatic rings. The van der Waals surface area contributed by atoms with Gasteiger partial charge in [0.15, 0.2) is 15.9 Å². The molecule has 174 valence electrons. The number of alkyl halides is 3. The molecule has 7 nitrogen and oxygen atoms in total. The molecular formula is C22H20F3N3O4S. The van der Waals surface area contributed by atoms with Gasteiger partial charge in [-0.15, -0.1) is 0 Å². The summed E-state index contributed by atoms with van der Waals surface area (Å²) in [4.78, 5) is 14.4. The van der Waals surface area contributed by atoms with Gasteiger partial charge < -0.3 is 9.64 Å². The summed E-state index contributed by atoms with van der Waals surface area (Å²) in [6, 6.07) is 12.6. The number of carbonyl (C=O) groups excluding carboxylic acids is 1. The van der Waals surface area contributed by atoms with Crippen LogP contribution in [0.25, 0.3) is 5.69 Å². The molecule has 0 spiro atoms. The Labute approximate surface area is 188 Å². The van der Waals surface area contributed by atoms with Gasteiger partial charge in [0.05, 0.1) is 28.4 Å². The second-order valence-electron chi connectivity index (χ2n) is 7.77. The Balaban J connectivity index is 1.62. The van der Waals surface area contributed by atoms with Crippen molar-refractivity contribution in [2.24, 2.45) is 0 Å². The topological polar surface area (TPSA) is 81.5 Å². The minimum absolute atomic E-state index is 0.130. The van der Waals surface area contributed by atoms with Crippen LogP contribution in [0.15, 0.2) is 59.6 Å². The van der Waals surface area contributed by atoms with Gasteiger partial charge in [-0.25, -0.2) is 13.1 Å². The van der Waals surface area contributed by atoms with E-state index in [2.05, 4.69) is 5.10 Å². The zero-order chi connectivity index (χ0) is 24.0. The fourth-order valence-electron chi connectivity index (χ4n) is 3.45. The molecule has 0 saturated heterocycles. The maximum atomic E-state index is 13.2. The second kappa shape index (κ2) is 8.22. The number of sulfone groups is 1. The molecule has 0 N–H and O–H groups in total. The molecule has 1 aliphatic heterocycles. The van der Waals surface area contributed by atoms with E-state index < -0.39 is 28.0 Å². The summed E-state index contributed by atoms with van der Waals surface area (Å²) < 4.78 is 69.7. The van der Waals surface area contributed by atoms with Crippen LogP contribution in [0.4, 0.5) is 13.2 Å². The van der Waals surface area contributed by atoms with E-state index in [0.717, 1.165) is 42.6 Å².